The van der Waals surface area contributed by atoms with E-state index < -0.39 is 0 Å². The molecule has 0 radical (unpaired) electrons. The van der Waals surface area contributed by atoms with Crippen molar-refractivity contribution in [3.8, 4) is 0 Å². The van der Waals surface area contributed by atoms with Gasteiger partial charge in [-0.05, 0) is 26.0 Å². The molecule has 0 N–H and O–H groups in total. The van der Waals surface area contributed by atoms with Gasteiger partial charge in [0.05, 0.1) is 12.4 Å². The molecule has 0 amide bonds. The van der Waals surface area contributed by atoms with E-state index in [9.17, 15) is 0 Å². The Morgan fingerprint density at radius 1 is 1.00 bits per heavy atom. The third-order valence-corrected chi connectivity index (χ3v) is 2.66. The second-order valence-electron chi connectivity index (χ2n) is 3.47. The fourth-order valence-electron chi connectivity index (χ4n) is 1.77. The van der Waals surface area contributed by atoms with Crippen molar-refractivity contribution in [1.29, 1.82) is 0 Å². The van der Waals surface area contributed by atoms with Crippen LogP contribution in [0, 0.1) is 0 Å². The third kappa shape index (κ3) is 1.91. The van der Waals surface area contributed by atoms with Crippen LogP contribution in [0.25, 0.3) is 10.8 Å². The quantitative estimate of drug-likeness (QED) is 0.764. The van der Waals surface area contributed by atoms with Crippen molar-refractivity contribution in [1.82, 2.24) is 10.2 Å². The largest absolute Gasteiger partial charge is 0.372 e. The predicted molar refractivity (Wildman–Crippen MR) is 63.1 cm³/mol. The molecule has 0 unspecified atom stereocenters. The Labute approximate surface area is 89.7 Å². The first-order valence-electron chi connectivity index (χ1n) is 5.30. The van der Waals surface area contributed by atoms with Gasteiger partial charge < -0.3 is 4.90 Å². The van der Waals surface area contributed by atoms with Gasteiger partial charge in [-0.15, -0.1) is 0 Å². The number of hydrogen-bond donors (Lipinski definition) is 0. The third-order valence-electron chi connectivity index (χ3n) is 2.66. The van der Waals surface area contributed by atoms with Crippen LogP contribution >= 0.6 is 0 Å². The highest BCUT2D eigenvalue weighted by atomic mass is 15.1. The van der Waals surface area contributed by atoms with Crippen molar-refractivity contribution < 1.29 is 0 Å². The average molecular weight is 201 g/mol. The first-order valence-corrected chi connectivity index (χ1v) is 5.30. The Kier molecular flexibility index (Phi) is 2.81. The smallest absolute Gasteiger partial charge is 0.0575 e. The number of rotatable bonds is 3. The minimum absolute atomic E-state index is 1.03. The summed E-state index contributed by atoms with van der Waals surface area (Å²) in [6.07, 6.45) is 3.60. The first kappa shape index (κ1) is 9.90. The van der Waals surface area contributed by atoms with Crippen molar-refractivity contribution in [3.63, 3.8) is 0 Å². The van der Waals surface area contributed by atoms with E-state index in [-0.39, 0.29) is 0 Å². The number of nitrogens with zero attached hydrogens (tertiary/aromatic N) is 3. The maximum atomic E-state index is 3.90. The molecule has 0 saturated heterocycles. The van der Waals surface area contributed by atoms with Crippen LogP contribution in [0.15, 0.2) is 30.6 Å². The number of anilines is 1. The second kappa shape index (κ2) is 4.26. The Morgan fingerprint density at radius 2 is 1.67 bits per heavy atom. The first-order chi connectivity index (χ1) is 7.35. The van der Waals surface area contributed by atoms with Gasteiger partial charge in [-0.2, -0.15) is 10.2 Å². The monoisotopic (exact) mass is 201 g/mol. The summed E-state index contributed by atoms with van der Waals surface area (Å²) >= 11 is 0. The fourth-order valence-corrected chi connectivity index (χ4v) is 1.77. The van der Waals surface area contributed by atoms with Gasteiger partial charge in [-0.3, -0.25) is 0 Å². The van der Waals surface area contributed by atoms with Crippen molar-refractivity contribution in [2.45, 2.75) is 13.8 Å². The second-order valence-corrected chi connectivity index (χ2v) is 3.47. The molecule has 15 heavy (non-hydrogen) atoms. The minimum Gasteiger partial charge on any atom is -0.372 e. The molecule has 0 aliphatic carbocycles. The van der Waals surface area contributed by atoms with Crippen LogP contribution < -0.4 is 4.90 Å². The highest BCUT2D eigenvalue weighted by Crippen LogP contribution is 2.20. The van der Waals surface area contributed by atoms with E-state index in [4.69, 9.17) is 0 Å². The van der Waals surface area contributed by atoms with Crippen molar-refractivity contribution >= 4 is 16.5 Å². The molecule has 0 spiro atoms. The van der Waals surface area contributed by atoms with Gasteiger partial charge in [0, 0.05) is 29.5 Å². The van der Waals surface area contributed by atoms with Crippen LogP contribution in [0.5, 0.6) is 0 Å². The number of benzene rings is 1. The standard InChI is InChI=1S/C12H15N3/c1-3-15(4-2)12-6-5-10-8-13-14-9-11(10)7-12/h5-9H,3-4H2,1-2H3. The van der Waals surface area contributed by atoms with Crippen molar-refractivity contribution in [2.24, 2.45) is 0 Å². The summed E-state index contributed by atoms with van der Waals surface area (Å²) in [5, 5.41) is 10.0. The van der Waals surface area contributed by atoms with Gasteiger partial charge in [0.15, 0.2) is 0 Å². The van der Waals surface area contributed by atoms with E-state index in [1.807, 2.05) is 6.20 Å². The summed E-state index contributed by atoms with van der Waals surface area (Å²) in [5.41, 5.74) is 1.25. The maximum absolute atomic E-state index is 3.90. The molecular weight excluding hydrogens is 186 g/mol. The highest BCUT2D eigenvalue weighted by molar-refractivity contribution is 5.84. The van der Waals surface area contributed by atoms with Crippen molar-refractivity contribution in [3.05, 3.63) is 30.6 Å². The zero-order valence-corrected chi connectivity index (χ0v) is 9.14. The maximum Gasteiger partial charge on any atom is 0.0575 e. The summed E-state index contributed by atoms with van der Waals surface area (Å²) in [6.45, 7) is 6.39. The average Bonchev–Trinajstić information content (AvgIpc) is 2.30. The Hall–Kier alpha value is -1.64. The van der Waals surface area contributed by atoms with Crippen LogP contribution in [-0.2, 0) is 0 Å². The molecule has 3 nitrogen and oxygen atoms in total. The normalized spacial score (nSPS) is 10.5. The molecule has 0 fully saturated rings. The van der Waals surface area contributed by atoms with E-state index >= 15 is 0 Å². The van der Waals surface area contributed by atoms with Crippen LogP contribution in [0.1, 0.15) is 13.8 Å². The molecule has 0 bridgehead atoms. The van der Waals surface area contributed by atoms with Gasteiger partial charge in [0.1, 0.15) is 0 Å². The lowest BCUT2D eigenvalue weighted by molar-refractivity contribution is 0.867. The van der Waals surface area contributed by atoms with Gasteiger partial charge in [-0.1, -0.05) is 6.07 Å². The summed E-state index contributed by atoms with van der Waals surface area (Å²) < 4.78 is 0. The molecule has 2 rings (SSSR count). The lowest BCUT2D eigenvalue weighted by Gasteiger charge is -2.21. The summed E-state index contributed by atoms with van der Waals surface area (Å²) in [6, 6.07) is 6.39. The van der Waals surface area contributed by atoms with Crippen LogP contribution in [-0.4, -0.2) is 23.3 Å². The Bertz CT molecular complexity index is 449. The predicted octanol–water partition coefficient (Wildman–Crippen LogP) is 2.48. The van der Waals surface area contributed by atoms with E-state index in [1.54, 1.807) is 6.20 Å². The topological polar surface area (TPSA) is 29.0 Å². The van der Waals surface area contributed by atoms with Gasteiger partial charge in [0.2, 0.25) is 0 Å². The molecule has 78 valence electrons. The number of aromatic nitrogens is 2. The molecule has 0 aliphatic heterocycles. The fraction of sp³-hybridized carbons (Fsp3) is 0.333. The lowest BCUT2D eigenvalue weighted by atomic mass is 10.1. The molecule has 3 heteroatoms. The van der Waals surface area contributed by atoms with Crippen molar-refractivity contribution in [2.75, 3.05) is 18.0 Å². The van der Waals surface area contributed by atoms with Gasteiger partial charge >= 0.3 is 0 Å². The molecule has 1 aromatic carbocycles. The zero-order chi connectivity index (χ0) is 10.7. The molecule has 1 aromatic heterocycles. The lowest BCUT2D eigenvalue weighted by Crippen LogP contribution is -2.21. The summed E-state index contributed by atoms with van der Waals surface area (Å²) in [7, 11) is 0. The van der Waals surface area contributed by atoms with Gasteiger partial charge in [-0.25, -0.2) is 0 Å². The molecule has 0 saturated carbocycles. The molecular formula is C12H15N3. The molecule has 2 aromatic rings. The molecule has 0 atom stereocenters. The summed E-state index contributed by atoms with van der Waals surface area (Å²) in [4.78, 5) is 2.32. The molecule has 0 aliphatic rings. The molecule has 1 heterocycles. The number of hydrogen-bond acceptors (Lipinski definition) is 3. The van der Waals surface area contributed by atoms with E-state index in [0.29, 0.717) is 0 Å². The zero-order valence-electron chi connectivity index (χ0n) is 9.14. The number of fused-ring (bicyclic) bond motifs is 1. The van der Waals surface area contributed by atoms with Crippen LogP contribution in [0.2, 0.25) is 0 Å². The summed E-state index contributed by atoms with van der Waals surface area (Å²) in [5.74, 6) is 0. The van der Waals surface area contributed by atoms with E-state index in [0.717, 1.165) is 23.9 Å². The van der Waals surface area contributed by atoms with E-state index in [2.05, 4.69) is 47.1 Å². The Balaban J connectivity index is 2.46. The Morgan fingerprint density at radius 3 is 2.33 bits per heavy atom. The van der Waals surface area contributed by atoms with E-state index in [1.165, 1.54) is 5.69 Å². The van der Waals surface area contributed by atoms with Gasteiger partial charge in [0.25, 0.3) is 0 Å². The highest BCUT2D eigenvalue weighted by Gasteiger charge is 2.02. The van der Waals surface area contributed by atoms with Crippen LogP contribution in [0.3, 0.4) is 0 Å². The minimum atomic E-state index is 1.03. The van der Waals surface area contributed by atoms with Crippen LogP contribution in [0.4, 0.5) is 5.69 Å². The SMILES string of the molecule is CCN(CC)c1ccc2cnncc2c1.